The van der Waals surface area contributed by atoms with Crippen LogP contribution < -0.4 is 0 Å². The molecule has 0 saturated heterocycles. The van der Waals surface area contributed by atoms with E-state index in [9.17, 15) is 19.5 Å². The minimum absolute atomic E-state index is 0.163. The third kappa shape index (κ3) is 11.0. The minimum Gasteiger partial charge on any atom is -0.452 e. The summed E-state index contributed by atoms with van der Waals surface area (Å²) in [7, 11) is 0. The van der Waals surface area contributed by atoms with E-state index in [1.165, 1.54) is 23.5 Å². The van der Waals surface area contributed by atoms with Gasteiger partial charge in [0.2, 0.25) is 0 Å². The summed E-state index contributed by atoms with van der Waals surface area (Å²) in [6, 6.07) is 34.4. The van der Waals surface area contributed by atoms with Gasteiger partial charge >= 0.3 is 17.9 Å². The lowest BCUT2D eigenvalue weighted by molar-refractivity contribution is -0.132. The van der Waals surface area contributed by atoms with Crippen LogP contribution in [0.1, 0.15) is 50.5 Å². The lowest BCUT2D eigenvalue weighted by Gasteiger charge is -2.37. The maximum absolute atomic E-state index is 13.7. The lowest BCUT2D eigenvalue weighted by Crippen LogP contribution is -2.54. The molecule has 48 heavy (non-hydrogen) atoms. The smallest absolute Gasteiger partial charge is 0.338 e. The summed E-state index contributed by atoms with van der Waals surface area (Å²) >= 11 is 2.95. The zero-order valence-electron chi connectivity index (χ0n) is 26.9. The van der Waals surface area contributed by atoms with Gasteiger partial charge in [-0.2, -0.15) is 0 Å². The highest BCUT2D eigenvalue weighted by Gasteiger charge is 2.45. The number of aliphatic hydroxyl groups is 1. The molecule has 0 fully saturated rings. The Morgan fingerprint density at radius 2 is 0.979 bits per heavy atom. The van der Waals surface area contributed by atoms with Crippen molar-refractivity contribution < 1.29 is 38.4 Å². The number of aliphatic hydroxyl groups excluding tert-OH is 1. The van der Waals surface area contributed by atoms with Crippen LogP contribution in [0.3, 0.4) is 0 Å². The molecular weight excluding hydrogens is 649 g/mol. The van der Waals surface area contributed by atoms with Crippen molar-refractivity contribution in [3.8, 4) is 0 Å². The van der Waals surface area contributed by atoms with Crippen molar-refractivity contribution in [3.05, 3.63) is 144 Å². The van der Waals surface area contributed by atoms with Gasteiger partial charge in [-0.1, -0.05) is 98.8 Å². The van der Waals surface area contributed by atoms with E-state index >= 15 is 0 Å². The average Bonchev–Trinajstić information content (AvgIpc) is 3.13. The summed E-state index contributed by atoms with van der Waals surface area (Å²) in [5, 5.41) is 12.0. The quantitative estimate of drug-likeness (QED) is 0.0662. The largest absolute Gasteiger partial charge is 0.452 e. The van der Waals surface area contributed by atoms with Crippen LogP contribution in [0.25, 0.3) is 0 Å². The number of carbonyl (C=O) groups is 3. The molecule has 0 aliphatic rings. The highest BCUT2D eigenvalue weighted by atomic mass is 32.2. The monoisotopic (exact) mass is 688 g/mol. The number of carbonyl (C=O) groups excluding carboxylic acids is 3. The van der Waals surface area contributed by atoms with Gasteiger partial charge in [-0.05, 0) is 53.5 Å². The maximum atomic E-state index is 13.7. The molecule has 8 nitrogen and oxygen atoms in total. The second-order valence-electron chi connectivity index (χ2n) is 10.6. The Bertz CT molecular complexity index is 1530. The van der Waals surface area contributed by atoms with Crippen LogP contribution >= 0.6 is 23.5 Å². The first-order valence-corrected chi connectivity index (χ1v) is 17.8. The molecule has 0 spiro atoms. The van der Waals surface area contributed by atoms with E-state index < -0.39 is 46.9 Å². The van der Waals surface area contributed by atoms with Gasteiger partial charge in [0.1, 0.15) is 6.10 Å². The fraction of sp³-hybridized carbons (Fsp3) is 0.289. The molecule has 0 bridgehead atoms. The molecule has 10 heteroatoms. The van der Waals surface area contributed by atoms with Crippen molar-refractivity contribution in [2.24, 2.45) is 0 Å². The fourth-order valence-corrected chi connectivity index (χ4v) is 7.35. The van der Waals surface area contributed by atoms with Gasteiger partial charge in [-0.25, -0.2) is 14.4 Å². The Balaban J connectivity index is 1.78. The van der Waals surface area contributed by atoms with Crippen LogP contribution in [0.4, 0.5) is 0 Å². The second-order valence-corrected chi connectivity index (χ2v) is 13.7. The van der Waals surface area contributed by atoms with Gasteiger partial charge in [-0.15, -0.1) is 23.5 Å². The van der Waals surface area contributed by atoms with Crippen molar-refractivity contribution in [1.82, 2.24) is 0 Å². The summed E-state index contributed by atoms with van der Waals surface area (Å²) in [6.45, 7) is 3.84. The van der Waals surface area contributed by atoms with Crippen LogP contribution in [0, 0.1) is 0 Å². The van der Waals surface area contributed by atoms with Crippen LogP contribution in [-0.2, 0) is 25.6 Å². The molecule has 4 rings (SSSR count). The van der Waals surface area contributed by atoms with Gasteiger partial charge in [0.05, 0.1) is 34.5 Å². The molecule has 0 heterocycles. The standard InChI is InChI=1S/C38H40O8S2/c1-3-47-38(48-4-2)32(39)34(46-37(42)30-23-15-8-16-24-30)33(45-36(41)29-21-13-7-14-22-29)31(26-43-25-27-17-9-5-10-18-27)44-35(40)28-19-11-6-12-20-28/h5-24,31-34,38-39H,3-4,25-26H2,1-2H3. The summed E-state index contributed by atoms with van der Waals surface area (Å²) < 4.78 is 23.8. The van der Waals surface area contributed by atoms with E-state index in [4.69, 9.17) is 18.9 Å². The molecule has 252 valence electrons. The zero-order valence-corrected chi connectivity index (χ0v) is 28.5. The highest BCUT2D eigenvalue weighted by Crippen LogP contribution is 2.32. The summed E-state index contributed by atoms with van der Waals surface area (Å²) in [4.78, 5) is 40.8. The number of ether oxygens (including phenoxy) is 4. The first-order chi connectivity index (χ1) is 23.4. The Kier molecular flexibility index (Phi) is 15.1. The summed E-state index contributed by atoms with van der Waals surface area (Å²) in [5.41, 5.74) is 1.60. The Labute approximate surface area is 290 Å². The number of hydrogen-bond donors (Lipinski definition) is 1. The number of thioether (sulfide) groups is 2. The van der Waals surface area contributed by atoms with Crippen molar-refractivity contribution in [1.29, 1.82) is 0 Å². The van der Waals surface area contributed by atoms with Gasteiger partial charge < -0.3 is 24.1 Å². The normalized spacial score (nSPS) is 13.6. The first-order valence-electron chi connectivity index (χ1n) is 15.7. The molecule has 0 aliphatic carbocycles. The molecule has 4 atom stereocenters. The second kappa shape index (κ2) is 19.7. The topological polar surface area (TPSA) is 108 Å². The minimum atomic E-state index is -1.47. The van der Waals surface area contributed by atoms with Crippen molar-refractivity contribution >= 4 is 41.4 Å². The van der Waals surface area contributed by atoms with E-state index in [2.05, 4.69) is 0 Å². The highest BCUT2D eigenvalue weighted by molar-refractivity contribution is 8.17. The predicted molar refractivity (Wildman–Crippen MR) is 189 cm³/mol. The molecule has 0 saturated carbocycles. The Morgan fingerprint density at radius 1 is 0.583 bits per heavy atom. The molecule has 0 aromatic heterocycles. The molecule has 0 aliphatic heterocycles. The van der Waals surface area contributed by atoms with E-state index in [0.717, 1.165) is 5.56 Å². The Morgan fingerprint density at radius 3 is 1.42 bits per heavy atom. The number of esters is 3. The molecule has 4 unspecified atom stereocenters. The van der Waals surface area contributed by atoms with Crippen LogP contribution in [-0.4, -0.2) is 70.1 Å². The third-order valence-electron chi connectivity index (χ3n) is 7.13. The number of benzene rings is 4. The third-order valence-corrected chi connectivity index (χ3v) is 9.83. The molecule has 0 radical (unpaired) electrons. The van der Waals surface area contributed by atoms with E-state index in [0.29, 0.717) is 11.5 Å². The SMILES string of the molecule is CCSC(SCC)C(O)C(OC(=O)c1ccccc1)C(OC(=O)c1ccccc1)C(COCc1ccccc1)OC(=O)c1ccccc1. The molecule has 1 N–H and O–H groups in total. The van der Waals surface area contributed by atoms with Gasteiger partial charge in [0.15, 0.2) is 18.3 Å². The Hall–Kier alpha value is -4.09. The number of hydrogen-bond acceptors (Lipinski definition) is 10. The van der Waals surface area contributed by atoms with Crippen molar-refractivity contribution in [2.45, 2.75) is 49.5 Å². The van der Waals surface area contributed by atoms with Gasteiger partial charge in [0.25, 0.3) is 0 Å². The van der Waals surface area contributed by atoms with Crippen molar-refractivity contribution in [2.75, 3.05) is 18.1 Å². The van der Waals surface area contributed by atoms with Crippen LogP contribution in [0.15, 0.2) is 121 Å². The maximum Gasteiger partial charge on any atom is 0.338 e. The summed E-state index contributed by atoms with van der Waals surface area (Å²) in [6.07, 6.45) is -5.56. The molecule has 4 aromatic rings. The van der Waals surface area contributed by atoms with Gasteiger partial charge in [-0.3, -0.25) is 0 Å². The van der Waals surface area contributed by atoms with Crippen molar-refractivity contribution in [3.63, 3.8) is 0 Å². The number of rotatable bonds is 18. The van der Waals surface area contributed by atoms with Crippen LogP contribution in [0.2, 0.25) is 0 Å². The average molecular weight is 689 g/mol. The molecule has 4 aromatic carbocycles. The van der Waals surface area contributed by atoms with E-state index in [1.807, 2.05) is 44.2 Å². The van der Waals surface area contributed by atoms with E-state index in [-0.39, 0.29) is 29.9 Å². The van der Waals surface area contributed by atoms with Gasteiger partial charge in [0, 0.05) is 0 Å². The predicted octanol–water partition coefficient (Wildman–Crippen LogP) is 7.07. The lowest BCUT2D eigenvalue weighted by atomic mass is 10.0. The van der Waals surface area contributed by atoms with E-state index in [1.54, 1.807) is 91.0 Å². The summed E-state index contributed by atoms with van der Waals surface area (Å²) in [5.74, 6) is -0.861. The fourth-order valence-electron chi connectivity index (χ4n) is 4.79. The first kappa shape index (κ1) is 36.7. The zero-order chi connectivity index (χ0) is 34.1. The molecule has 0 amide bonds. The molecular formula is C38H40O8S2. The van der Waals surface area contributed by atoms with Crippen LogP contribution in [0.5, 0.6) is 0 Å².